The van der Waals surface area contributed by atoms with E-state index >= 15 is 0 Å². The van der Waals surface area contributed by atoms with Crippen LogP contribution in [0.1, 0.15) is 34.5 Å². The van der Waals surface area contributed by atoms with Crippen molar-refractivity contribution in [3.8, 4) is 0 Å². The van der Waals surface area contributed by atoms with Gasteiger partial charge in [0.2, 0.25) is 0 Å². The maximum Gasteiger partial charge on any atom is 0.258 e. The van der Waals surface area contributed by atoms with Gasteiger partial charge in [0, 0.05) is 20.6 Å². The molecule has 2 rings (SSSR count). The summed E-state index contributed by atoms with van der Waals surface area (Å²) in [6.07, 6.45) is 0. The van der Waals surface area contributed by atoms with Gasteiger partial charge in [-0.05, 0) is 29.9 Å². The van der Waals surface area contributed by atoms with Gasteiger partial charge in [0.05, 0.1) is 11.3 Å². The Balaban J connectivity index is 2.11. The Labute approximate surface area is 130 Å². The lowest BCUT2D eigenvalue weighted by Crippen LogP contribution is -2.31. The summed E-state index contributed by atoms with van der Waals surface area (Å²) in [5.74, 6) is 0.318. The molecule has 0 aliphatic heterocycles. The molecule has 5 heteroatoms. The molecule has 1 aromatic heterocycles. The number of nitrogens with zero attached hydrogens (tertiary/aromatic N) is 2. The van der Waals surface area contributed by atoms with Crippen LogP contribution in [0.25, 0.3) is 0 Å². The summed E-state index contributed by atoms with van der Waals surface area (Å²) < 4.78 is 4.26. The summed E-state index contributed by atoms with van der Waals surface area (Å²) in [6.45, 7) is 4.69. The molecule has 0 aliphatic rings. The number of likely N-dealkylation sites (N-methyl/N-ethyl adjacent to an activating group) is 1. The predicted molar refractivity (Wildman–Crippen MR) is 88.2 cm³/mol. The van der Waals surface area contributed by atoms with Crippen LogP contribution < -0.4 is 5.32 Å². The van der Waals surface area contributed by atoms with Crippen molar-refractivity contribution in [1.82, 2.24) is 9.27 Å². The lowest BCUT2D eigenvalue weighted by atomic mass is 10.0. The van der Waals surface area contributed by atoms with E-state index in [4.69, 9.17) is 0 Å². The number of aromatic nitrogens is 1. The van der Waals surface area contributed by atoms with Crippen molar-refractivity contribution in [2.45, 2.75) is 19.8 Å². The smallest absolute Gasteiger partial charge is 0.258 e. The second-order valence-corrected chi connectivity index (χ2v) is 5.99. The Morgan fingerprint density at radius 3 is 2.67 bits per heavy atom. The quantitative estimate of drug-likeness (QED) is 0.921. The third-order valence-corrected chi connectivity index (χ3v) is 4.52. The molecule has 0 unspecified atom stereocenters. The molecule has 4 nitrogen and oxygen atoms in total. The van der Waals surface area contributed by atoms with E-state index in [0.717, 1.165) is 10.7 Å². The van der Waals surface area contributed by atoms with Gasteiger partial charge >= 0.3 is 0 Å². The lowest BCUT2D eigenvalue weighted by Gasteiger charge is -2.22. The molecule has 2 aromatic rings. The van der Waals surface area contributed by atoms with Gasteiger partial charge in [0.15, 0.2) is 0 Å². The Hall–Kier alpha value is -1.88. The van der Waals surface area contributed by atoms with E-state index in [2.05, 4.69) is 28.7 Å². The van der Waals surface area contributed by atoms with Gasteiger partial charge in [-0.15, -0.1) is 0 Å². The monoisotopic (exact) mass is 303 g/mol. The zero-order valence-electron chi connectivity index (χ0n) is 12.9. The maximum atomic E-state index is 12.6. The molecule has 1 N–H and O–H groups in total. The Morgan fingerprint density at radius 1 is 1.38 bits per heavy atom. The van der Waals surface area contributed by atoms with E-state index in [1.165, 1.54) is 17.1 Å². The van der Waals surface area contributed by atoms with Crippen molar-refractivity contribution < 1.29 is 4.79 Å². The number of hydrogen-bond donors (Lipinski definition) is 1. The summed E-state index contributed by atoms with van der Waals surface area (Å²) >= 11 is 1.33. The molecular weight excluding hydrogens is 282 g/mol. The van der Waals surface area contributed by atoms with Gasteiger partial charge in [0.25, 0.3) is 5.91 Å². The molecule has 0 fully saturated rings. The topological polar surface area (TPSA) is 45.2 Å². The number of aryl methyl sites for hydroxylation is 1. The number of carbonyl (C=O) groups excluding carboxylic acids is 1. The first-order chi connectivity index (χ1) is 10.0. The molecule has 0 bridgehead atoms. The van der Waals surface area contributed by atoms with Crippen molar-refractivity contribution in [2.75, 3.05) is 26.0 Å². The highest BCUT2D eigenvalue weighted by molar-refractivity contribution is 7.10. The van der Waals surface area contributed by atoms with Crippen LogP contribution in [0.2, 0.25) is 0 Å². The summed E-state index contributed by atoms with van der Waals surface area (Å²) in [7, 11) is 3.66. The number of amides is 1. The standard InChI is InChI=1S/C16H21N3OS/c1-11(13-8-6-5-7-9-13)10-19(4)16(20)14-12(2)18-21-15(14)17-3/h5-9,11,17H,10H2,1-4H3/t11-/m0/s1. The van der Waals surface area contributed by atoms with Crippen LogP contribution >= 0.6 is 11.5 Å². The first kappa shape index (κ1) is 15.5. The first-order valence-electron chi connectivity index (χ1n) is 6.99. The molecule has 0 saturated heterocycles. The fraction of sp³-hybridized carbons (Fsp3) is 0.375. The number of carbonyl (C=O) groups is 1. The largest absolute Gasteiger partial charge is 0.378 e. The van der Waals surface area contributed by atoms with Gasteiger partial charge < -0.3 is 10.2 Å². The van der Waals surface area contributed by atoms with Crippen molar-refractivity contribution in [3.63, 3.8) is 0 Å². The van der Waals surface area contributed by atoms with Crippen LogP contribution in [0.5, 0.6) is 0 Å². The molecule has 1 amide bonds. The normalized spacial score (nSPS) is 12.0. The number of hydrogen-bond acceptors (Lipinski definition) is 4. The van der Waals surface area contributed by atoms with Crippen LogP contribution in [-0.4, -0.2) is 35.8 Å². The summed E-state index contributed by atoms with van der Waals surface area (Å²) in [5, 5.41) is 3.88. The molecule has 0 aliphatic carbocycles. The van der Waals surface area contributed by atoms with E-state index in [-0.39, 0.29) is 5.91 Å². The third-order valence-electron chi connectivity index (χ3n) is 3.57. The Kier molecular flexibility index (Phi) is 4.96. The van der Waals surface area contributed by atoms with Crippen molar-refractivity contribution in [2.24, 2.45) is 0 Å². The summed E-state index contributed by atoms with van der Waals surface area (Å²) in [4.78, 5) is 14.4. The zero-order valence-corrected chi connectivity index (χ0v) is 13.7. The van der Waals surface area contributed by atoms with E-state index in [1.54, 1.807) is 4.90 Å². The highest BCUT2D eigenvalue weighted by atomic mass is 32.1. The van der Waals surface area contributed by atoms with E-state index in [0.29, 0.717) is 18.0 Å². The van der Waals surface area contributed by atoms with Crippen LogP contribution in [0, 0.1) is 6.92 Å². The predicted octanol–water partition coefficient (Wildman–Crippen LogP) is 3.37. The molecule has 1 atom stereocenters. The van der Waals surface area contributed by atoms with E-state index < -0.39 is 0 Å². The number of anilines is 1. The minimum Gasteiger partial charge on any atom is -0.378 e. The average molecular weight is 303 g/mol. The van der Waals surface area contributed by atoms with Crippen LogP contribution in [-0.2, 0) is 0 Å². The second kappa shape index (κ2) is 6.72. The Bertz CT molecular complexity index is 609. The van der Waals surface area contributed by atoms with Crippen molar-refractivity contribution in [1.29, 1.82) is 0 Å². The molecule has 0 spiro atoms. The molecular formula is C16H21N3OS. The second-order valence-electron chi connectivity index (χ2n) is 5.22. The van der Waals surface area contributed by atoms with Crippen molar-refractivity contribution >= 4 is 22.4 Å². The fourth-order valence-corrected chi connectivity index (χ4v) is 3.10. The highest BCUT2D eigenvalue weighted by Gasteiger charge is 2.22. The van der Waals surface area contributed by atoms with Crippen molar-refractivity contribution in [3.05, 3.63) is 47.2 Å². The zero-order chi connectivity index (χ0) is 15.4. The van der Waals surface area contributed by atoms with Gasteiger partial charge in [-0.25, -0.2) is 0 Å². The highest BCUT2D eigenvalue weighted by Crippen LogP contribution is 2.26. The fourth-order valence-electron chi connectivity index (χ4n) is 2.36. The SMILES string of the molecule is CNc1snc(C)c1C(=O)N(C)C[C@H](C)c1ccccc1. The average Bonchev–Trinajstić information content (AvgIpc) is 2.88. The van der Waals surface area contributed by atoms with Gasteiger partial charge in [-0.1, -0.05) is 37.3 Å². The molecule has 1 aromatic carbocycles. The van der Waals surface area contributed by atoms with Crippen LogP contribution in [0.3, 0.4) is 0 Å². The Morgan fingerprint density at radius 2 is 2.05 bits per heavy atom. The minimum atomic E-state index is 0.0216. The van der Waals surface area contributed by atoms with Gasteiger partial charge in [-0.3, -0.25) is 4.79 Å². The minimum absolute atomic E-state index is 0.0216. The number of benzene rings is 1. The molecule has 21 heavy (non-hydrogen) atoms. The van der Waals surface area contributed by atoms with E-state index in [9.17, 15) is 4.79 Å². The maximum absolute atomic E-state index is 12.6. The molecule has 0 saturated carbocycles. The van der Waals surface area contributed by atoms with Crippen LogP contribution in [0.4, 0.5) is 5.00 Å². The summed E-state index contributed by atoms with van der Waals surface area (Å²) in [5.41, 5.74) is 2.71. The third kappa shape index (κ3) is 3.42. The summed E-state index contributed by atoms with van der Waals surface area (Å²) in [6, 6.07) is 10.3. The number of rotatable bonds is 5. The van der Waals surface area contributed by atoms with Gasteiger partial charge in [0.1, 0.15) is 5.00 Å². The molecule has 0 radical (unpaired) electrons. The number of nitrogens with one attached hydrogen (secondary N) is 1. The molecule has 1 heterocycles. The lowest BCUT2D eigenvalue weighted by molar-refractivity contribution is 0.0788. The van der Waals surface area contributed by atoms with Gasteiger partial charge in [-0.2, -0.15) is 4.37 Å². The first-order valence-corrected chi connectivity index (χ1v) is 7.76. The molecule has 112 valence electrons. The van der Waals surface area contributed by atoms with E-state index in [1.807, 2.05) is 39.2 Å². The van der Waals surface area contributed by atoms with Crippen LogP contribution in [0.15, 0.2) is 30.3 Å².